The summed E-state index contributed by atoms with van der Waals surface area (Å²) in [5.74, 6) is 0. The third-order valence-corrected chi connectivity index (χ3v) is 2.70. The fraction of sp³-hybridized carbons (Fsp3) is 0.786. The maximum Gasteiger partial charge on any atom is 0.414 e. The second-order valence-electron chi connectivity index (χ2n) is 6.37. The molecule has 0 aromatic carbocycles. The van der Waals surface area contributed by atoms with Crippen LogP contribution in [-0.4, -0.2) is 58.1 Å². The fourth-order valence-electron chi connectivity index (χ4n) is 1.77. The van der Waals surface area contributed by atoms with Crippen molar-refractivity contribution >= 4 is 53.4 Å². The minimum Gasteiger partial charge on any atom is -0.444 e. The highest BCUT2D eigenvalue weighted by Crippen LogP contribution is 2.23. The molecule has 2 unspecified atom stereocenters. The zero-order chi connectivity index (χ0) is 19.8. The molecule has 11 heteroatoms. The Morgan fingerprint density at radius 1 is 1.24 bits per heavy atom. The van der Waals surface area contributed by atoms with Gasteiger partial charge in [-0.3, -0.25) is 10.1 Å². The lowest BCUT2D eigenvalue weighted by atomic mass is 10.0. The Bertz CT molecular complexity index is 460. The van der Waals surface area contributed by atoms with Crippen LogP contribution in [0.1, 0.15) is 34.1 Å². The summed E-state index contributed by atoms with van der Waals surface area (Å²) in [6.07, 6.45) is -1.32. The first-order chi connectivity index (χ1) is 11.2. The van der Waals surface area contributed by atoms with Crippen LogP contribution in [0.3, 0.4) is 0 Å². The van der Waals surface area contributed by atoms with Gasteiger partial charge in [-0.05, 0) is 34.1 Å². The standard InChI is InChI=1S/C12H21N3O5.C2H3Cl3/c1-12(2,3)20-11(18)15-5-4-8(13)9(6-15)19-10(17)14-7-16;1-2(3,4)5/h7-9H,4-6,13H2,1-3H3,(H,14,16,17);1H3. The molecule has 1 heterocycles. The van der Waals surface area contributed by atoms with E-state index in [1.54, 1.807) is 20.8 Å². The molecule has 2 atom stereocenters. The number of nitrogens with one attached hydrogen (secondary N) is 1. The molecule has 25 heavy (non-hydrogen) atoms. The first-order valence-electron chi connectivity index (χ1n) is 7.44. The van der Waals surface area contributed by atoms with Crippen LogP contribution in [0.25, 0.3) is 0 Å². The highest BCUT2D eigenvalue weighted by atomic mass is 35.6. The first-order valence-corrected chi connectivity index (χ1v) is 8.57. The monoisotopic (exact) mass is 419 g/mol. The molecule has 0 aromatic heterocycles. The minimum atomic E-state index is -1.08. The van der Waals surface area contributed by atoms with Gasteiger partial charge in [-0.1, -0.05) is 34.8 Å². The Morgan fingerprint density at radius 3 is 2.20 bits per heavy atom. The Balaban J connectivity index is 0.00000101. The van der Waals surface area contributed by atoms with E-state index in [9.17, 15) is 14.4 Å². The normalized spacial score (nSPS) is 20.7. The van der Waals surface area contributed by atoms with Gasteiger partial charge in [0, 0.05) is 12.6 Å². The molecule has 1 rings (SSSR count). The largest absolute Gasteiger partial charge is 0.444 e. The summed E-state index contributed by atoms with van der Waals surface area (Å²) >= 11 is 15.2. The molecule has 8 nitrogen and oxygen atoms in total. The van der Waals surface area contributed by atoms with Crippen LogP contribution < -0.4 is 11.1 Å². The van der Waals surface area contributed by atoms with Gasteiger partial charge < -0.3 is 20.1 Å². The Kier molecular flexibility index (Phi) is 9.86. The van der Waals surface area contributed by atoms with E-state index in [0.29, 0.717) is 13.0 Å². The van der Waals surface area contributed by atoms with Gasteiger partial charge >= 0.3 is 12.2 Å². The second kappa shape index (κ2) is 10.3. The number of nitrogens with two attached hydrogens (primary N) is 1. The van der Waals surface area contributed by atoms with Crippen molar-refractivity contribution in [1.82, 2.24) is 10.2 Å². The van der Waals surface area contributed by atoms with Crippen LogP contribution in [0.2, 0.25) is 0 Å². The zero-order valence-corrected chi connectivity index (χ0v) is 16.8. The van der Waals surface area contributed by atoms with Crippen molar-refractivity contribution in [3.05, 3.63) is 0 Å². The third kappa shape index (κ3) is 13.0. The summed E-state index contributed by atoms with van der Waals surface area (Å²) in [4.78, 5) is 34.7. The summed E-state index contributed by atoms with van der Waals surface area (Å²) in [6, 6.07) is -0.383. The molecule has 3 N–H and O–H groups in total. The van der Waals surface area contributed by atoms with E-state index in [0.717, 1.165) is 0 Å². The van der Waals surface area contributed by atoms with Crippen LogP contribution >= 0.6 is 34.8 Å². The van der Waals surface area contributed by atoms with Crippen LogP contribution in [0.15, 0.2) is 0 Å². The van der Waals surface area contributed by atoms with Gasteiger partial charge in [-0.2, -0.15) is 0 Å². The number of amides is 3. The molecule has 0 aliphatic carbocycles. The number of piperidine rings is 1. The number of carbonyl (C=O) groups excluding carboxylic acids is 3. The van der Waals surface area contributed by atoms with E-state index < -0.39 is 27.7 Å². The number of imide groups is 1. The lowest BCUT2D eigenvalue weighted by Crippen LogP contribution is -2.55. The number of alkyl halides is 3. The number of ether oxygens (including phenoxy) is 2. The zero-order valence-electron chi connectivity index (χ0n) is 14.6. The van der Waals surface area contributed by atoms with Crippen LogP contribution in [-0.2, 0) is 14.3 Å². The van der Waals surface area contributed by atoms with Crippen LogP contribution in [0, 0.1) is 0 Å². The second-order valence-corrected chi connectivity index (χ2v) is 9.21. The Morgan fingerprint density at radius 2 is 1.76 bits per heavy atom. The maximum atomic E-state index is 11.9. The number of rotatable bonds is 2. The molecule has 0 radical (unpaired) electrons. The Hall–Kier alpha value is -0.960. The fourth-order valence-corrected chi connectivity index (χ4v) is 1.77. The summed E-state index contributed by atoms with van der Waals surface area (Å²) in [5, 5.41) is 1.86. The van der Waals surface area contributed by atoms with Crippen molar-refractivity contribution in [3.63, 3.8) is 0 Å². The van der Waals surface area contributed by atoms with Crippen molar-refractivity contribution < 1.29 is 23.9 Å². The van der Waals surface area contributed by atoms with E-state index in [1.807, 2.05) is 5.32 Å². The molecule has 1 saturated heterocycles. The Labute approximate surface area is 162 Å². The molecular formula is C14H24Cl3N3O5. The average Bonchev–Trinajstić information content (AvgIpc) is 2.37. The highest BCUT2D eigenvalue weighted by molar-refractivity contribution is 6.67. The predicted molar refractivity (Wildman–Crippen MR) is 95.8 cm³/mol. The number of alkyl carbamates (subject to hydrolysis) is 1. The number of carbonyl (C=O) groups is 3. The highest BCUT2D eigenvalue weighted by Gasteiger charge is 2.34. The summed E-state index contributed by atoms with van der Waals surface area (Å²) in [6.45, 7) is 7.37. The molecule has 1 fully saturated rings. The van der Waals surface area contributed by atoms with Crippen molar-refractivity contribution in [2.75, 3.05) is 13.1 Å². The quantitative estimate of drug-likeness (QED) is 0.524. The molecule has 0 aromatic rings. The topological polar surface area (TPSA) is 111 Å². The van der Waals surface area contributed by atoms with Gasteiger partial charge in [-0.15, -0.1) is 0 Å². The number of hydrogen-bond acceptors (Lipinski definition) is 6. The van der Waals surface area contributed by atoms with Crippen molar-refractivity contribution in [2.24, 2.45) is 5.73 Å². The summed E-state index contributed by atoms with van der Waals surface area (Å²) in [7, 11) is 0. The number of nitrogens with zero attached hydrogens (tertiary/aromatic N) is 1. The first kappa shape index (κ1) is 24.0. The van der Waals surface area contributed by atoms with E-state index in [1.165, 1.54) is 11.8 Å². The molecule has 0 bridgehead atoms. The molecule has 146 valence electrons. The van der Waals surface area contributed by atoms with E-state index in [4.69, 9.17) is 50.0 Å². The van der Waals surface area contributed by atoms with E-state index in [2.05, 4.69) is 0 Å². The molecular weight excluding hydrogens is 397 g/mol. The van der Waals surface area contributed by atoms with Crippen LogP contribution in [0.5, 0.6) is 0 Å². The molecule has 0 spiro atoms. The van der Waals surface area contributed by atoms with E-state index in [-0.39, 0.29) is 19.0 Å². The van der Waals surface area contributed by atoms with Gasteiger partial charge in [0.2, 0.25) is 6.41 Å². The third-order valence-electron chi connectivity index (χ3n) is 2.70. The van der Waals surface area contributed by atoms with Gasteiger partial charge in [0.15, 0.2) is 3.79 Å². The average molecular weight is 421 g/mol. The van der Waals surface area contributed by atoms with Gasteiger partial charge in [0.25, 0.3) is 0 Å². The lowest BCUT2D eigenvalue weighted by molar-refractivity contribution is -0.109. The predicted octanol–water partition coefficient (Wildman–Crippen LogP) is 2.58. The van der Waals surface area contributed by atoms with Crippen LogP contribution in [0.4, 0.5) is 9.59 Å². The number of likely N-dealkylation sites (tertiary alicyclic amines) is 1. The molecule has 1 aliphatic heterocycles. The SMILES string of the molecule is CC(C)(C)OC(=O)N1CCC(N)C(OC(=O)NC=O)C1.CC(Cl)(Cl)Cl. The van der Waals surface area contributed by atoms with E-state index >= 15 is 0 Å². The maximum absolute atomic E-state index is 11.9. The van der Waals surface area contributed by atoms with Crippen molar-refractivity contribution in [3.8, 4) is 0 Å². The summed E-state index contributed by atoms with van der Waals surface area (Å²) < 4.78 is 9.16. The molecule has 1 aliphatic rings. The summed E-state index contributed by atoms with van der Waals surface area (Å²) in [5.41, 5.74) is 5.25. The van der Waals surface area contributed by atoms with Gasteiger partial charge in [0.05, 0.1) is 6.54 Å². The van der Waals surface area contributed by atoms with Crippen molar-refractivity contribution in [1.29, 1.82) is 0 Å². The lowest BCUT2D eigenvalue weighted by Gasteiger charge is -2.36. The smallest absolute Gasteiger partial charge is 0.414 e. The van der Waals surface area contributed by atoms with Gasteiger partial charge in [0.1, 0.15) is 11.7 Å². The molecule has 0 saturated carbocycles. The number of hydrogen-bond donors (Lipinski definition) is 2. The number of halogens is 3. The minimum absolute atomic E-state index is 0.141. The van der Waals surface area contributed by atoms with Gasteiger partial charge in [-0.25, -0.2) is 9.59 Å². The molecule has 3 amide bonds. The van der Waals surface area contributed by atoms with Crippen molar-refractivity contribution in [2.45, 2.75) is 55.7 Å².